The Balaban J connectivity index is 1.86. The Labute approximate surface area is 166 Å². The van der Waals surface area contributed by atoms with E-state index in [0.717, 1.165) is 5.56 Å². The van der Waals surface area contributed by atoms with Crippen LogP contribution in [0.15, 0.2) is 45.2 Å². The summed E-state index contributed by atoms with van der Waals surface area (Å²) in [6.45, 7) is 5.47. The smallest absolute Gasteiger partial charge is 0.338 e. The number of ether oxygens (including phenoxy) is 3. The molecular weight excluding hydrogens is 380 g/mol. The number of fused-ring (bicyclic) bond motifs is 2. The van der Waals surface area contributed by atoms with Gasteiger partial charge in [0.15, 0.2) is 16.7 Å². The zero-order valence-corrected chi connectivity index (χ0v) is 16.4. The lowest BCUT2D eigenvalue weighted by atomic mass is 9.94. The van der Waals surface area contributed by atoms with Crippen molar-refractivity contribution in [1.29, 1.82) is 5.26 Å². The predicted octanol–water partition coefficient (Wildman–Crippen LogP) is 2.75. The van der Waals surface area contributed by atoms with Gasteiger partial charge in [0, 0.05) is 0 Å². The van der Waals surface area contributed by atoms with Crippen LogP contribution in [0.4, 0.5) is 0 Å². The predicted molar refractivity (Wildman–Crippen MR) is 103 cm³/mol. The van der Waals surface area contributed by atoms with Crippen LogP contribution < -0.4 is 15.2 Å². The molecule has 0 aliphatic carbocycles. The van der Waals surface area contributed by atoms with Crippen molar-refractivity contribution in [3.8, 4) is 17.6 Å². The molecule has 3 aliphatic rings. The Bertz CT molecular complexity index is 1010. The highest BCUT2D eigenvalue weighted by Gasteiger charge is 2.43. The molecule has 0 saturated heterocycles. The summed E-state index contributed by atoms with van der Waals surface area (Å²) < 4.78 is 16.3. The number of carbonyl (C=O) groups is 1. The molecule has 0 spiro atoms. The van der Waals surface area contributed by atoms with Crippen LogP contribution in [0, 0.1) is 11.3 Å². The quantitative estimate of drug-likeness (QED) is 0.774. The Hall–Kier alpha value is -3.12. The molecule has 4 rings (SSSR count). The fourth-order valence-electron chi connectivity index (χ4n) is 3.28. The van der Waals surface area contributed by atoms with Gasteiger partial charge in [-0.05, 0) is 50.2 Å². The summed E-state index contributed by atoms with van der Waals surface area (Å²) in [5.74, 6) is 1.01. The van der Waals surface area contributed by atoms with Crippen LogP contribution >= 0.6 is 11.8 Å². The highest BCUT2D eigenvalue weighted by atomic mass is 32.2. The van der Waals surface area contributed by atoms with Crippen LogP contribution in [0.1, 0.15) is 32.4 Å². The molecule has 0 radical (unpaired) electrons. The SMILES string of the molecule is CC1=C(C(=O)OC(C)C)[C@H](c2ccc3c(c2)OCO3)N2C(=N1)SC(C#N)=C2N. The summed E-state index contributed by atoms with van der Waals surface area (Å²) in [5, 5.41) is 9.95. The molecule has 1 aromatic rings. The first-order valence-electron chi connectivity index (χ1n) is 8.67. The number of nitrogens with zero attached hydrogens (tertiary/aromatic N) is 3. The second-order valence-electron chi connectivity index (χ2n) is 6.66. The summed E-state index contributed by atoms with van der Waals surface area (Å²) in [7, 11) is 0. The fraction of sp³-hybridized carbons (Fsp3) is 0.316. The van der Waals surface area contributed by atoms with Crippen molar-refractivity contribution >= 4 is 22.9 Å². The van der Waals surface area contributed by atoms with E-state index in [0.29, 0.717) is 32.8 Å². The number of allylic oxidation sites excluding steroid dienone is 2. The first-order chi connectivity index (χ1) is 13.4. The lowest BCUT2D eigenvalue weighted by molar-refractivity contribution is -0.143. The normalized spacial score (nSPS) is 20.3. The van der Waals surface area contributed by atoms with Crippen LogP contribution in [0.5, 0.6) is 11.5 Å². The maximum absolute atomic E-state index is 12.9. The second kappa shape index (κ2) is 6.80. The number of rotatable bonds is 3. The van der Waals surface area contributed by atoms with E-state index in [1.807, 2.05) is 12.1 Å². The first kappa shape index (κ1) is 18.3. The lowest BCUT2D eigenvalue weighted by Crippen LogP contribution is -2.39. The van der Waals surface area contributed by atoms with Gasteiger partial charge in [-0.15, -0.1) is 0 Å². The van der Waals surface area contributed by atoms with Gasteiger partial charge in [-0.1, -0.05) is 6.07 Å². The van der Waals surface area contributed by atoms with Crippen molar-refractivity contribution in [1.82, 2.24) is 4.90 Å². The van der Waals surface area contributed by atoms with E-state index in [1.54, 1.807) is 31.7 Å². The van der Waals surface area contributed by atoms with E-state index in [1.165, 1.54) is 11.8 Å². The molecule has 0 amide bonds. The lowest BCUT2D eigenvalue weighted by Gasteiger charge is -2.35. The van der Waals surface area contributed by atoms with E-state index in [2.05, 4.69) is 11.1 Å². The number of nitrogens with two attached hydrogens (primary N) is 1. The minimum absolute atomic E-state index is 0.146. The monoisotopic (exact) mass is 398 g/mol. The number of nitriles is 1. The number of esters is 1. The van der Waals surface area contributed by atoms with Gasteiger partial charge in [-0.2, -0.15) is 5.26 Å². The summed E-state index contributed by atoms with van der Waals surface area (Å²) in [4.78, 5) is 19.5. The molecule has 1 atom stereocenters. The Kier molecular flexibility index (Phi) is 4.43. The average Bonchev–Trinajstić information content (AvgIpc) is 3.23. The van der Waals surface area contributed by atoms with Gasteiger partial charge < -0.3 is 19.9 Å². The zero-order chi connectivity index (χ0) is 20.0. The summed E-state index contributed by atoms with van der Waals surface area (Å²) in [6, 6.07) is 6.95. The van der Waals surface area contributed by atoms with Gasteiger partial charge >= 0.3 is 5.97 Å². The van der Waals surface area contributed by atoms with Gasteiger partial charge in [0.25, 0.3) is 0 Å². The van der Waals surface area contributed by atoms with Crippen LogP contribution in [0.2, 0.25) is 0 Å². The van der Waals surface area contributed by atoms with Gasteiger partial charge in [0.2, 0.25) is 6.79 Å². The van der Waals surface area contributed by atoms with Crippen molar-refractivity contribution < 1.29 is 19.0 Å². The van der Waals surface area contributed by atoms with E-state index in [4.69, 9.17) is 19.9 Å². The zero-order valence-electron chi connectivity index (χ0n) is 15.6. The number of hydrogen-bond acceptors (Lipinski definition) is 9. The van der Waals surface area contributed by atoms with Crippen molar-refractivity contribution in [2.75, 3.05) is 6.79 Å². The Morgan fingerprint density at radius 3 is 2.89 bits per heavy atom. The molecule has 0 aromatic heterocycles. The van der Waals surface area contributed by atoms with Crippen molar-refractivity contribution in [3.63, 3.8) is 0 Å². The number of hydrogen-bond donors (Lipinski definition) is 1. The standard InChI is InChI=1S/C19H18N4O4S/c1-9(2)27-18(24)15-10(3)22-19-23(17(21)14(7-20)28-19)16(15)11-4-5-12-13(6-11)26-8-25-12/h4-6,9,16H,8,21H2,1-3H3/t16-/m0/s1. The number of amidine groups is 1. The van der Waals surface area contributed by atoms with Crippen LogP contribution in [0.25, 0.3) is 0 Å². The minimum Gasteiger partial charge on any atom is -0.459 e. The fourth-order valence-corrected chi connectivity index (χ4v) is 4.19. The van der Waals surface area contributed by atoms with E-state index < -0.39 is 12.0 Å². The third-order valence-electron chi connectivity index (χ3n) is 4.45. The molecule has 3 heterocycles. The molecule has 0 saturated carbocycles. The topological polar surface area (TPSA) is 110 Å². The molecule has 9 heteroatoms. The van der Waals surface area contributed by atoms with E-state index in [-0.39, 0.29) is 18.7 Å². The molecule has 0 bridgehead atoms. The molecule has 0 unspecified atom stereocenters. The second-order valence-corrected chi connectivity index (χ2v) is 7.64. The van der Waals surface area contributed by atoms with Crippen LogP contribution in [-0.4, -0.2) is 28.9 Å². The van der Waals surface area contributed by atoms with Crippen molar-refractivity contribution in [2.24, 2.45) is 10.7 Å². The Morgan fingerprint density at radius 2 is 2.18 bits per heavy atom. The average molecular weight is 398 g/mol. The molecule has 8 nitrogen and oxygen atoms in total. The van der Waals surface area contributed by atoms with Gasteiger partial charge in [-0.3, -0.25) is 4.90 Å². The number of aliphatic imine (C=N–C) groups is 1. The van der Waals surface area contributed by atoms with E-state index >= 15 is 0 Å². The minimum atomic E-state index is -0.591. The third-order valence-corrected chi connectivity index (χ3v) is 5.43. The molecule has 144 valence electrons. The molecule has 0 fully saturated rings. The molecule has 2 N–H and O–H groups in total. The van der Waals surface area contributed by atoms with E-state index in [9.17, 15) is 10.1 Å². The molecule has 1 aromatic carbocycles. The third kappa shape index (κ3) is 2.86. The number of benzene rings is 1. The number of carbonyl (C=O) groups excluding carboxylic acids is 1. The highest BCUT2D eigenvalue weighted by molar-refractivity contribution is 8.17. The molecular formula is C19H18N4O4S. The largest absolute Gasteiger partial charge is 0.459 e. The van der Waals surface area contributed by atoms with Gasteiger partial charge in [-0.25, -0.2) is 9.79 Å². The Morgan fingerprint density at radius 1 is 1.43 bits per heavy atom. The molecule has 3 aliphatic heterocycles. The van der Waals surface area contributed by atoms with Crippen LogP contribution in [-0.2, 0) is 9.53 Å². The summed E-state index contributed by atoms with van der Waals surface area (Å²) in [5.41, 5.74) is 7.90. The summed E-state index contributed by atoms with van der Waals surface area (Å²) in [6.07, 6.45) is -0.286. The summed E-state index contributed by atoms with van der Waals surface area (Å²) >= 11 is 1.19. The van der Waals surface area contributed by atoms with Gasteiger partial charge in [0.1, 0.15) is 16.8 Å². The van der Waals surface area contributed by atoms with Crippen molar-refractivity contribution in [3.05, 3.63) is 45.8 Å². The maximum Gasteiger partial charge on any atom is 0.338 e. The van der Waals surface area contributed by atoms with Crippen LogP contribution in [0.3, 0.4) is 0 Å². The first-order valence-corrected chi connectivity index (χ1v) is 9.49. The van der Waals surface area contributed by atoms with Gasteiger partial charge in [0.05, 0.1) is 23.4 Å². The maximum atomic E-state index is 12.9. The van der Waals surface area contributed by atoms with Crippen molar-refractivity contribution in [2.45, 2.75) is 32.9 Å². The number of thioether (sulfide) groups is 1. The molecule has 28 heavy (non-hydrogen) atoms. The highest BCUT2D eigenvalue weighted by Crippen LogP contribution is 2.47.